The highest BCUT2D eigenvalue weighted by atomic mass is 19.1. The van der Waals surface area contributed by atoms with E-state index in [-0.39, 0.29) is 17.9 Å². The van der Waals surface area contributed by atoms with E-state index in [0.717, 1.165) is 17.0 Å². The van der Waals surface area contributed by atoms with Gasteiger partial charge in [-0.25, -0.2) is 14.1 Å². The topological polar surface area (TPSA) is 84.9 Å². The average Bonchev–Trinajstić information content (AvgIpc) is 2.71. The van der Waals surface area contributed by atoms with Crippen LogP contribution in [-0.2, 0) is 9.59 Å². The van der Waals surface area contributed by atoms with Crippen LogP contribution in [0.3, 0.4) is 0 Å². The van der Waals surface area contributed by atoms with Crippen LogP contribution < -0.4 is 19.7 Å². The number of barbiturate groups is 1. The number of anilines is 1. The molecule has 3 rings (SSSR count). The Morgan fingerprint density at radius 1 is 1.10 bits per heavy atom. The number of halogens is 1. The van der Waals surface area contributed by atoms with Crippen molar-refractivity contribution in [2.45, 2.75) is 0 Å². The Balaban J connectivity index is 1.96. The molecular formula is C21H17FN2O5. The molecule has 8 heteroatoms. The predicted molar refractivity (Wildman–Crippen MR) is 104 cm³/mol. The summed E-state index contributed by atoms with van der Waals surface area (Å²) in [5, 5.41) is 2.11. The van der Waals surface area contributed by atoms with E-state index in [1.807, 2.05) is 0 Å². The molecule has 0 atom stereocenters. The zero-order valence-electron chi connectivity index (χ0n) is 15.5. The van der Waals surface area contributed by atoms with E-state index in [1.54, 1.807) is 24.3 Å². The molecule has 0 aromatic heterocycles. The van der Waals surface area contributed by atoms with E-state index in [0.29, 0.717) is 17.1 Å². The third-order valence-corrected chi connectivity index (χ3v) is 4.04. The van der Waals surface area contributed by atoms with E-state index in [1.165, 1.54) is 25.3 Å². The van der Waals surface area contributed by atoms with Gasteiger partial charge >= 0.3 is 6.03 Å². The molecule has 7 nitrogen and oxygen atoms in total. The van der Waals surface area contributed by atoms with E-state index < -0.39 is 23.7 Å². The van der Waals surface area contributed by atoms with Crippen LogP contribution in [0.1, 0.15) is 5.56 Å². The maximum Gasteiger partial charge on any atom is 0.335 e. The van der Waals surface area contributed by atoms with Crippen molar-refractivity contribution < 1.29 is 28.2 Å². The number of hydrogen-bond acceptors (Lipinski definition) is 5. The van der Waals surface area contributed by atoms with Crippen LogP contribution in [0.15, 0.2) is 60.7 Å². The van der Waals surface area contributed by atoms with E-state index >= 15 is 0 Å². The molecule has 0 radical (unpaired) electrons. The Bertz CT molecular complexity index is 1010. The summed E-state index contributed by atoms with van der Waals surface area (Å²) in [6.07, 6.45) is 2.92. The van der Waals surface area contributed by atoms with Crippen molar-refractivity contribution in [1.82, 2.24) is 5.32 Å². The monoisotopic (exact) mass is 396 g/mol. The summed E-state index contributed by atoms with van der Waals surface area (Å²) in [5.74, 6) is -1.30. The van der Waals surface area contributed by atoms with Gasteiger partial charge in [-0.2, -0.15) is 0 Å². The molecule has 2 aromatic carbocycles. The number of amides is 4. The van der Waals surface area contributed by atoms with Crippen molar-refractivity contribution in [3.63, 3.8) is 0 Å². The molecule has 2 aromatic rings. The molecule has 1 aliphatic rings. The number of imide groups is 2. The smallest absolute Gasteiger partial charge is 0.335 e. The van der Waals surface area contributed by atoms with Crippen molar-refractivity contribution in [3.05, 3.63) is 72.1 Å². The zero-order chi connectivity index (χ0) is 21.0. The quantitative estimate of drug-likeness (QED) is 0.461. The number of benzene rings is 2. The fourth-order valence-electron chi connectivity index (χ4n) is 2.69. The van der Waals surface area contributed by atoms with Crippen LogP contribution in [-0.4, -0.2) is 31.6 Å². The van der Waals surface area contributed by atoms with Gasteiger partial charge in [-0.15, -0.1) is 0 Å². The zero-order valence-corrected chi connectivity index (χ0v) is 15.5. The molecule has 1 saturated heterocycles. The van der Waals surface area contributed by atoms with Crippen molar-refractivity contribution >= 4 is 29.6 Å². The Kier molecular flexibility index (Phi) is 5.73. The Morgan fingerprint density at radius 2 is 1.83 bits per heavy atom. The highest BCUT2D eigenvalue weighted by Gasteiger charge is 2.36. The normalized spacial score (nSPS) is 15.3. The lowest BCUT2D eigenvalue weighted by molar-refractivity contribution is -0.122. The standard InChI is InChI=1S/C21H17FN2O5/c1-3-10-29-17-9-4-13(12-18(17)28-2)11-16-19(25)23-21(27)24(20(16)26)15-7-5-14(22)6-8-15/h3-9,11-12H,1,10H2,2H3,(H,23,25,27). The van der Waals surface area contributed by atoms with Crippen molar-refractivity contribution in [3.8, 4) is 11.5 Å². The summed E-state index contributed by atoms with van der Waals surface area (Å²) >= 11 is 0. The maximum absolute atomic E-state index is 13.2. The second kappa shape index (κ2) is 8.39. The van der Waals surface area contributed by atoms with Crippen molar-refractivity contribution in [1.29, 1.82) is 0 Å². The van der Waals surface area contributed by atoms with Gasteiger partial charge in [0.05, 0.1) is 12.8 Å². The van der Waals surface area contributed by atoms with Gasteiger partial charge in [0.1, 0.15) is 18.0 Å². The van der Waals surface area contributed by atoms with Crippen LogP contribution in [0.2, 0.25) is 0 Å². The third-order valence-electron chi connectivity index (χ3n) is 4.04. The highest BCUT2D eigenvalue weighted by Crippen LogP contribution is 2.30. The number of urea groups is 1. The molecule has 0 unspecified atom stereocenters. The van der Waals surface area contributed by atoms with Crippen molar-refractivity contribution in [2.24, 2.45) is 0 Å². The minimum Gasteiger partial charge on any atom is -0.493 e. The molecule has 0 spiro atoms. The van der Waals surface area contributed by atoms with Gasteiger partial charge in [0.2, 0.25) is 0 Å². The first-order chi connectivity index (χ1) is 13.9. The number of carbonyl (C=O) groups excluding carboxylic acids is 3. The molecular weight excluding hydrogens is 379 g/mol. The predicted octanol–water partition coefficient (Wildman–Crippen LogP) is 3.07. The number of hydrogen-bond donors (Lipinski definition) is 1. The first-order valence-electron chi connectivity index (χ1n) is 8.53. The average molecular weight is 396 g/mol. The van der Waals surface area contributed by atoms with Gasteiger partial charge in [-0.05, 0) is 48.0 Å². The number of methoxy groups -OCH3 is 1. The van der Waals surface area contributed by atoms with Crippen molar-refractivity contribution in [2.75, 3.05) is 18.6 Å². The SMILES string of the molecule is C=CCOc1ccc(C=C2C(=O)NC(=O)N(c3ccc(F)cc3)C2=O)cc1OC. The van der Waals surface area contributed by atoms with E-state index in [4.69, 9.17) is 9.47 Å². The van der Waals surface area contributed by atoms with Gasteiger partial charge in [-0.1, -0.05) is 18.7 Å². The van der Waals surface area contributed by atoms with Crippen LogP contribution in [0.4, 0.5) is 14.9 Å². The minimum absolute atomic E-state index is 0.137. The van der Waals surface area contributed by atoms with Crippen LogP contribution in [0, 0.1) is 5.82 Å². The lowest BCUT2D eigenvalue weighted by Crippen LogP contribution is -2.54. The summed E-state index contributed by atoms with van der Waals surface area (Å²) < 4.78 is 23.9. The summed E-state index contributed by atoms with van der Waals surface area (Å²) in [6, 6.07) is 8.71. The van der Waals surface area contributed by atoms with E-state index in [2.05, 4.69) is 11.9 Å². The second-order valence-corrected chi connectivity index (χ2v) is 5.94. The Labute approximate surface area is 166 Å². The lowest BCUT2D eigenvalue weighted by Gasteiger charge is -2.26. The Hall–Kier alpha value is -3.94. The number of ether oxygens (including phenoxy) is 2. The third kappa shape index (κ3) is 4.16. The van der Waals surface area contributed by atoms with Crippen LogP contribution in [0.5, 0.6) is 11.5 Å². The molecule has 4 amide bonds. The maximum atomic E-state index is 13.2. The summed E-state index contributed by atoms with van der Waals surface area (Å²) in [4.78, 5) is 38.0. The molecule has 1 N–H and O–H groups in total. The molecule has 1 aliphatic heterocycles. The fraction of sp³-hybridized carbons (Fsp3) is 0.0952. The van der Waals surface area contributed by atoms with Crippen LogP contribution in [0.25, 0.3) is 6.08 Å². The molecule has 148 valence electrons. The first kappa shape index (κ1) is 19.8. The Morgan fingerprint density at radius 3 is 2.48 bits per heavy atom. The molecule has 0 bridgehead atoms. The van der Waals surface area contributed by atoms with Gasteiger partial charge in [0.25, 0.3) is 11.8 Å². The van der Waals surface area contributed by atoms with Gasteiger partial charge in [-0.3, -0.25) is 14.9 Å². The molecule has 0 saturated carbocycles. The fourth-order valence-corrected chi connectivity index (χ4v) is 2.69. The van der Waals surface area contributed by atoms with Gasteiger partial charge in [0, 0.05) is 0 Å². The molecule has 1 fully saturated rings. The van der Waals surface area contributed by atoms with Gasteiger partial charge < -0.3 is 9.47 Å². The lowest BCUT2D eigenvalue weighted by atomic mass is 10.1. The summed E-state index contributed by atoms with van der Waals surface area (Å²) in [7, 11) is 1.46. The van der Waals surface area contributed by atoms with Crippen LogP contribution >= 0.6 is 0 Å². The largest absolute Gasteiger partial charge is 0.493 e. The second-order valence-electron chi connectivity index (χ2n) is 5.94. The van der Waals surface area contributed by atoms with E-state index in [9.17, 15) is 18.8 Å². The number of nitrogens with one attached hydrogen (secondary N) is 1. The first-order valence-corrected chi connectivity index (χ1v) is 8.53. The van der Waals surface area contributed by atoms with Gasteiger partial charge in [0.15, 0.2) is 11.5 Å². The minimum atomic E-state index is -0.908. The molecule has 0 aliphatic carbocycles. The number of carbonyl (C=O) groups is 3. The summed E-state index contributed by atoms with van der Waals surface area (Å²) in [5.41, 5.74) is 0.369. The molecule has 1 heterocycles. The summed E-state index contributed by atoms with van der Waals surface area (Å²) in [6.45, 7) is 3.86. The number of nitrogens with zero attached hydrogens (tertiary/aromatic N) is 1. The molecule has 29 heavy (non-hydrogen) atoms. The highest BCUT2D eigenvalue weighted by molar-refractivity contribution is 6.39. The number of rotatable bonds is 6.